The summed E-state index contributed by atoms with van der Waals surface area (Å²) in [6, 6.07) is 6.16. The molecule has 0 bridgehead atoms. The van der Waals surface area contributed by atoms with E-state index in [1.54, 1.807) is 6.20 Å². The van der Waals surface area contributed by atoms with Crippen LogP contribution in [0.2, 0.25) is 0 Å². The van der Waals surface area contributed by atoms with E-state index in [1.165, 1.54) is 30.0 Å². The van der Waals surface area contributed by atoms with Crippen molar-refractivity contribution in [2.45, 2.75) is 25.4 Å². The average Bonchev–Trinajstić information content (AvgIpc) is 3.29. The summed E-state index contributed by atoms with van der Waals surface area (Å²) in [5.41, 5.74) is 6.66. The molecular weight excluding hydrogens is 404 g/mol. The molecule has 1 aliphatic rings. The highest BCUT2D eigenvalue weighted by Gasteiger charge is 2.32. The second-order valence-corrected chi connectivity index (χ2v) is 6.54. The quantitative estimate of drug-likeness (QED) is 0.653. The molecule has 2 heterocycles. The van der Waals surface area contributed by atoms with E-state index in [4.69, 9.17) is 10.5 Å². The smallest absolute Gasteiger partial charge is 0.433 e. The molecule has 1 aromatic carbocycles. The zero-order valence-corrected chi connectivity index (χ0v) is 15.9. The average molecular weight is 422 g/mol. The number of ether oxygens (including phenoxy) is 1. The van der Waals surface area contributed by atoms with Crippen LogP contribution in [0.15, 0.2) is 42.7 Å². The Labute approximate surface area is 169 Å². The number of aryl methyl sites for hydroxylation is 2. The highest BCUT2D eigenvalue weighted by atomic mass is 19.4. The van der Waals surface area contributed by atoms with Gasteiger partial charge in [-0.25, -0.2) is 9.07 Å². The molecule has 0 saturated heterocycles. The molecule has 6 nitrogen and oxygen atoms in total. The molecule has 2 N–H and O–H groups in total. The summed E-state index contributed by atoms with van der Waals surface area (Å²) in [6.45, 7) is 0. The molecule has 1 amide bonds. The predicted molar refractivity (Wildman–Crippen MR) is 99.9 cm³/mol. The molecule has 30 heavy (non-hydrogen) atoms. The number of nitrogens with two attached hydrogens (primary N) is 1. The fraction of sp³-hybridized carbons (Fsp3) is 0.250. The van der Waals surface area contributed by atoms with E-state index in [1.807, 2.05) is 0 Å². The maximum Gasteiger partial charge on any atom is 0.433 e. The van der Waals surface area contributed by atoms with Crippen molar-refractivity contribution in [1.82, 2.24) is 14.8 Å². The second kappa shape index (κ2) is 8.52. The Balaban J connectivity index is 0.000000187. The van der Waals surface area contributed by atoms with E-state index in [2.05, 4.69) is 10.1 Å². The van der Waals surface area contributed by atoms with Gasteiger partial charge in [0.1, 0.15) is 17.3 Å². The summed E-state index contributed by atoms with van der Waals surface area (Å²) in [5.74, 6) is -0.931. The van der Waals surface area contributed by atoms with Gasteiger partial charge in [-0.3, -0.25) is 9.78 Å². The van der Waals surface area contributed by atoms with Crippen molar-refractivity contribution in [3.63, 3.8) is 0 Å². The maximum absolute atomic E-state index is 12.7. The van der Waals surface area contributed by atoms with Crippen molar-refractivity contribution < 1.29 is 27.1 Å². The van der Waals surface area contributed by atoms with Gasteiger partial charge in [-0.1, -0.05) is 0 Å². The summed E-state index contributed by atoms with van der Waals surface area (Å²) in [5, 5.41) is 4.31. The third kappa shape index (κ3) is 4.94. The Kier molecular flexibility index (Phi) is 6.04. The van der Waals surface area contributed by atoms with E-state index >= 15 is 0 Å². The third-order valence-corrected chi connectivity index (χ3v) is 4.43. The van der Waals surface area contributed by atoms with Gasteiger partial charge in [0.25, 0.3) is 0 Å². The van der Waals surface area contributed by atoms with Crippen LogP contribution in [-0.4, -0.2) is 27.8 Å². The van der Waals surface area contributed by atoms with Crippen LogP contribution < -0.4 is 10.5 Å². The molecule has 0 radical (unpaired) electrons. The van der Waals surface area contributed by atoms with Crippen LogP contribution in [0, 0.1) is 5.82 Å². The molecule has 0 unspecified atom stereocenters. The van der Waals surface area contributed by atoms with E-state index in [-0.39, 0.29) is 11.3 Å². The van der Waals surface area contributed by atoms with Crippen molar-refractivity contribution in [3.05, 3.63) is 71.1 Å². The highest BCUT2D eigenvalue weighted by molar-refractivity contribution is 5.93. The number of carbonyl (C=O) groups is 1. The number of benzene rings is 1. The van der Waals surface area contributed by atoms with Crippen molar-refractivity contribution in [2.75, 3.05) is 7.11 Å². The van der Waals surface area contributed by atoms with Gasteiger partial charge in [0.05, 0.1) is 18.5 Å². The van der Waals surface area contributed by atoms with Crippen LogP contribution in [0.25, 0.3) is 5.69 Å². The minimum absolute atomic E-state index is 0.104. The first kappa shape index (κ1) is 21.3. The van der Waals surface area contributed by atoms with Gasteiger partial charge in [-0.15, -0.1) is 0 Å². The molecule has 4 rings (SSSR count). The van der Waals surface area contributed by atoms with Crippen molar-refractivity contribution in [1.29, 1.82) is 0 Å². The molecule has 158 valence electrons. The van der Waals surface area contributed by atoms with Crippen LogP contribution in [-0.2, 0) is 19.0 Å². The zero-order chi connectivity index (χ0) is 21.9. The summed E-state index contributed by atoms with van der Waals surface area (Å²) in [4.78, 5) is 14.0. The number of aromatic nitrogens is 3. The fourth-order valence-electron chi connectivity index (χ4n) is 2.98. The van der Waals surface area contributed by atoms with Gasteiger partial charge in [0.2, 0.25) is 5.91 Å². The van der Waals surface area contributed by atoms with E-state index in [0.717, 1.165) is 48.8 Å². The lowest BCUT2D eigenvalue weighted by Gasteiger charge is -2.07. The van der Waals surface area contributed by atoms with Crippen LogP contribution in [0.4, 0.5) is 17.6 Å². The maximum atomic E-state index is 12.7. The number of amides is 1. The first-order valence-electron chi connectivity index (χ1n) is 8.93. The number of primary amides is 1. The number of alkyl halides is 3. The van der Waals surface area contributed by atoms with Gasteiger partial charge in [0.15, 0.2) is 0 Å². The molecule has 3 aromatic rings. The van der Waals surface area contributed by atoms with Gasteiger partial charge >= 0.3 is 6.18 Å². The number of halogens is 4. The molecule has 2 aromatic heterocycles. The lowest BCUT2D eigenvalue weighted by molar-refractivity contribution is -0.141. The van der Waals surface area contributed by atoms with E-state index in [0.29, 0.717) is 5.69 Å². The van der Waals surface area contributed by atoms with Crippen molar-refractivity contribution >= 4 is 5.91 Å². The molecular formula is C20H18F4N4O2. The number of hydrogen-bond acceptors (Lipinski definition) is 4. The molecule has 0 saturated carbocycles. The molecule has 0 fully saturated rings. The van der Waals surface area contributed by atoms with E-state index in [9.17, 15) is 22.4 Å². The summed E-state index contributed by atoms with van der Waals surface area (Å²) < 4.78 is 56.6. The zero-order valence-electron chi connectivity index (χ0n) is 15.9. The molecule has 0 spiro atoms. The van der Waals surface area contributed by atoms with Crippen LogP contribution in [0.5, 0.6) is 5.75 Å². The first-order valence-corrected chi connectivity index (χ1v) is 8.93. The normalized spacial score (nSPS) is 12.7. The van der Waals surface area contributed by atoms with Crippen molar-refractivity contribution in [2.24, 2.45) is 5.73 Å². The first-order chi connectivity index (χ1) is 14.2. The number of carbonyl (C=O) groups excluding carboxylic acids is 1. The Morgan fingerprint density at radius 3 is 2.60 bits per heavy atom. The Hall–Kier alpha value is -3.43. The molecule has 0 aliphatic heterocycles. The van der Waals surface area contributed by atoms with Gasteiger partial charge < -0.3 is 10.5 Å². The fourth-order valence-corrected chi connectivity index (χ4v) is 2.98. The molecule has 10 heteroatoms. The van der Waals surface area contributed by atoms with Gasteiger partial charge in [-0.05, 0) is 49.1 Å². The monoisotopic (exact) mass is 422 g/mol. The number of methoxy groups -OCH3 is 1. The Morgan fingerprint density at radius 1 is 1.20 bits per heavy atom. The van der Waals surface area contributed by atoms with Gasteiger partial charge in [-0.2, -0.15) is 18.3 Å². The number of nitrogens with zero attached hydrogens (tertiary/aromatic N) is 3. The highest BCUT2D eigenvalue weighted by Crippen LogP contribution is 2.29. The second-order valence-electron chi connectivity index (χ2n) is 6.54. The number of fused-ring (bicyclic) bond motifs is 1. The van der Waals surface area contributed by atoms with Crippen LogP contribution in [0.3, 0.4) is 0 Å². The Morgan fingerprint density at radius 2 is 1.97 bits per heavy atom. The Bertz CT molecular complexity index is 1040. The molecule has 0 atom stereocenters. The minimum atomic E-state index is -4.42. The number of rotatable bonds is 3. The SMILES string of the molecule is COc1cc(F)cc(C(N)=O)c1.FC(F)(F)c1cc(-n2cc3c(n2)CCC3)ccn1. The van der Waals surface area contributed by atoms with Crippen LogP contribution >= 0.6 is 0 Å². The van der Waals surface area contributed by atoms with Crippen molar-refractivity contribution in [3.8, 4) is 11.4 Å². The minimum Gasteiger partial charge on any atom is -0.497 e. The third-order valence-electron chi connectivity index (χ3n) is 4.43. The molecule has 1 aliphatic carbocycles. The van der Waals surface area contributed by atoms with Gasteiger partial charge in [0, 0.05) is 24.0 Å². The topological polar surface area (TPSA) is 83.0 Å². The van der Waals surface area contributed by atoms with E-state index < -0.39 is 23.6 Å². The van der Waals surface area contributed by atoms with Crippen LogP contribution in [0.1, 0.15) is 33.7 Å². The number of pyridine rings is 1. The standard InChI is InChI=1S/C12H10F3N3.C8H8FNO2/c13-12(14,15)11-6-9(4-5-16-11)18-7-8-2-1-3-10(8)17-18;1-12-7-3-5(8(10)11)2-6(9)4-7/h4-7H,1-3H2;2-4H,1H3,(H2,10,11). The summed E-state index contributed by atoms with van der Waals surface area (Å²) in [7, 11) is 1.39. The summed E-state index contributed by atoms with van der Waals surface area (Å²) in [6.07, 6.45) is 1.46. The lowest BCUT2D eigenvalue weighted by Crippen LogP contribution is -2.11. The summed E-state index contributed by atoms with van der Waals surface area (Å²) >= 11 is 0. The largest absolute Gasteiger partial charge is 0.497 e. The predicted octanol–water partition coefficient (Wildman–Crippen LogP) is 3.71. The lowest BCUT2D eigenvalue weighted by atomic mass is 10.2. The number of hydrogen-bond donors (Lipinski definition) is 1.